The van der Waals surface area contributed by atoms with Crippen molar-refractivity contribution in [2.75, 3.05) is 25.6 Å². The summed E-state index contributed by atoms with van der Waals surface area (Å²) in [5.41, 5.74) is 1.09. The Balaban J connectivity index is 2.13. The summed E-state index contributed by atoms with van der Waals surface area (Å²) in [6.45, 7) is 3.16. The molecule has 0 aromatic carbocycles. The molecule has 2 heterocycles. The van der Waals surface area contributed by atoms with Gasteiger partial charge in [0.25, 0.3) is 0 Å². The van der Waals surface area contributed by atoms with E-state index in [0.717, 1.165) is 30.8 Å². The van der Waals surface area contributed by atoms with Crippen LogP contribution in [0.25, 0.3) is 0 Å². The number of aryl methyl sites for hydroxylation is 1. The molecule has 0 aliphatic carbocycles. The Labute approximate surface area is 107 Å². The number of anilines is 1. The lowest BCUT2D eigenvalue weighted by molar-refractivity contribution is -0.123. The summed E-state index contributed by atoms with van der Waals surface area (Å²) >= 11 is 0. The van der Waals surface area contributed by atoms with Crippen LogP contribution in [0, 0.1) is 6.92 Å². The highest BCUT2D eigenvalue weighted by Gasteiger charge is 2.41. The van der Waals surface area contributed by atoms with Gasteiger partial charge >= 0.3 is 0 Å². The molecule has 0 spiro atoms. The lowest BCUT2D eigenvalue weighted by atomic mass is 9.97. The Hall–Kier alpha value is -1.40. The molecule has 6 nitrogen and oxygen atoms in total. The molecular formula is C12H20N4O2. The van der Waals surface area contributed by atoms with Crippen molar-refractivity contribution in [1.82, 2.24) is 15.1 Å². The Morgan fingerprint density at radius 3 is 3.00 bits per heavy atom. The van der Waals surface area contributed by atoms with Crippen molar-refractivity contribution in [2.24, 2.45) is 7.05 Å². The van der Waals surface area contributed by atoms with Gasteiger partial charge in [0, 0.05) is 14.2 Å². The van der Waals surface area contributed by atoms with Gasteiger partial charge in [-0.05, 0) is 26.3 Å². The fourth-order valence-electron chi connectivity index (χ4n) is 2.30. The molecule has 100 valence electrons. The molecule has 1 atom stereocenters. The van der Waals surface area contributed by atoms with Gasteiger partial charge in [0.1, 0.15) is 5.54 Å². The summed E-state index contributed by atoms with van der Waals surface area (Å²) in [5.74, 6) is -0.0436. The fraction of sp³-hybridized carbons (Fsp3) is 0.667. The largest absolute Gasteiger partial charge is 0.382 e. The van der Waals surface area contributed by atoms with Crippen LogP contribution >= 0.6 is 0 Å². The molecule has 1 fully saturated rings. The van der Waals surface area contributed by atoms with Crippen LogP contribution in [0.3, 0.4) is 0 Å². The average molecular weight is 252 g/mol. The van der Waals surface area contributed by atoms with Crippen molar-refractivity contribution in [3.05, 3.63) is 11.9 Å². The summed E-state index contributed by atoms with van der Waals surface area (Å²) < 4.78 is 6.92. The molecule has 2 rings (SSSR count). The first-order valence-corrected chi connectivity index (χ1v) is 6.13. The number of aromatic nitrogens is 2. The van der Waals surface area contributed by atoms with Gasteiger partial charge in [-0.2, -0.15) is 5.10 Å². The second kappa shape index (κ2) is 5.07. The fourth-order valence-corrected chi connectivity index (χ4v) is 2.30. The van der Waals surface area contributed by atoms with Crippen molar-refractivity contribution in [3.8, 4) is 0 Å². The smallest absolute Gasteiger partial charge is 0.247 e. The van der Waals surface area contributed by atoms with Crippen LogP contribution in [0.5, 0.6) is 0 Å². The summed E-state index contributed by atoms with van der Waals surface area (Å²) in [6.07, 6.45) is 3.46. The van der Waals surface area contributed by atoms with E-state index in [1.807, 2.05) is 14.0 Å². The van der Waals surface area contributed by atoms with Crippen molar-refractivity contribution in [2.45, 2.75) is 25.3 Å². The van der Waals surface area contributed by atoms with Crippen molar-refractivity contribution in [1.29, 1.82) is 0 Å². The number of carbonyl (C=O) groups excluding carboxylic acids is 1. The molecule has 18 heavy (non-hydrogen) atoms. The topological polar surface area (TPSA) is 68.2 Å². The van der Waals surface area contributed by atoms with Gasteiger partial charge < -0.3 is 15.4 Å². The third-order valence-corrected chi connectivity index (χ3v) is 3.55. The molecular weight excluding hydrogens is 232 g/mol. The Morgan fingerprint density at radius 1 is 1.72 bits per heavy atom. The quantitative estimate of drug-likeness (QED) is 0.815. The van der Waals surface area contributed by atoms with E-state index in [1.54, 1.807) is 18.0 Å². The van der Waals surface area contributed by atoms with Gasteiger partial charge in [0.05, 0.1) is 24.2 Å². The minimum Gasteiger partial charge on any atom is -0.382 e. The maximum atomic E-state index is 12.4. The molecule has 1 aliphatic heterocycles. The second-order valence-electron chi connectivity index (χ2n) is 4.77. The molecule has 1 amide bonds. The lowest BCUT2D eigenvalue weighted by Crippen LogP contribution is -2.54. The average Bonchev–Trinajstić information content (AvgIpc) is 2.93. The van der Waals surface area contributed by atoms with Crippen LogP contribution < -0.4 is 10.6 Å². The van der Waals surface area contributed by atoms with Crippen LogP contribution in [0.1, 0.15) is 18.5 Å². The van der Waals surface area contributed by atoms with E-state index < -0.39 is 5.54 Å². The van der Waals surface area contributed by atoms with E-state index in [0.29, 0.717) is 6.61 Å². The third kappa shape index (κ3) is 2.26. The molecule has 1 unspecified atom stereocenters. The predicted molar refractivity (Wildman–Crippen MR) is 68.4 cm³/mol. The number of carbonyl (C=O) groups is 1. The van der Waals surface area contributed by atoms with E-state index >= 15 is 0 Å². The van der Waals surface area contributed by atoms with Gasteiger partial charge in [0.15, 0.2) is 0 Å². The van der Waals surface area contributed by atoms with Crippen LogP contribution in [0.4, 0.5) is 5.69 Å². The highest BCUT2D eigenvalue weighted by Crippen LogP contribution is 2.23. The van der Waals surface area contributed by atoms with Crippen LogP contribution in [0.2, 0.25) is 0 Å². The summed E-state index contributed by atoms with van der Waals surface area (Å²) in [5, 5.41) is 10.3. The first kappa shape index (κ1) is 13.0. The predicted octanol–water partition coefficient (Wildman–Crippen LogP) is 0.436. The Bertz CT molecular complexity index is 435. The zero-order chi connectivity index (χ0) is 13.2. The number of methoxy groups -OCH3 is 1. The van der Waals surface area contributed by atoms with Crippen LogP contribution in [0.15, 0.2) is 6.20 Å². The number of amides is 1. The third-order valence-electron chi connectivity index (χ3n) is 3.55. The number of ether oxygens (including phenoxy) is 1. The normalized spacial score (nSPS) is 23.3. The zero-order valence-electron chi connectivity index (χ0n) is 11.1. The van der Waals surface area contributed by atoms with Gasteiger partial charge in [-0.1, -0.05) is 0 Å². The standard InChI is InChI=1S/C12H20N4O2/c1-9-10(7-14-16(9)2)15-11(17)12(8-18-3)5-4-6-13-12/h7,13H,4-6,8H2,1-3H3,(H,15,17). The Morgan fingerprint density at radius 2 is 2.50 bits per heavy atom. The van der Waals surface area contributed by atoms with E-state index in [2.05, 4.69) is 15.7 Å². The van der Waals surface area contributed by atoms with E-state index in [4.69, 9.17) is 4.74 Å². The van der Waals surface area contributed by atoms with Gasteiger partial charge in [-0.3, -0.25) is 9.48 Å². The number of hydrogen-bond donors (Lipinski definition) is 2. The molecule has 6 heteroatoms. The van der Waals surface area contributed by atoms with Crippen molar-refractivity contribution in [3.63, 3.8) is 0 Å². The molecule has 1 saturated heterocycles. The monoisotopic (exact) mass is 252 g/mol. The van der Waals surface area contributed by atoms with Crippen molar-refractivity contribution >= 4 is 11.6 Å². The second-order valence-corrected chi connectivity index (χ2v) is 4.77. The van der Waals surface area contributed by atoms with Crippen LogP contribution in [-0.4, -0.2) is 41.5 Å². The maximum absolute atomic E-state index is 12.4. The first-order valence-electron chi connectivity index (χ1n) is 6.13. The van der Waals surface area contributed by atoms with E-state index in [-0.39, 0.29) is 5.91 Å². The molecule has 1 aromatic heterocycles. The maximum Gasteiger partial charge on any atom is 0.247 e. The Kier molecular flexibility index (Phi) is 3.68. The van der Waals surface area contributed by atoms with Gasteiger partial charge in [-0.25, -0.2) is 0 Å². The SMILES string of the molecule is COCC1(C(=O)Nc2cnn(C)c2C)CCCN1. The van der Waals surface area contributed by atoms with E-state index in [9.17, 15) is 4.79 Å². The highest BCUT2D eigenvalue weighted by atomic mass is 16.5. The molecule has 0 bridgehead atoms. The van der Waals surface area contributed by atoms with E-state index in [1.165, 1.54) is 0 Å². The van der Waals surface area contributed by atoms with Crippen LogP contribution in [-0.2, 0) is 16.6 Å². The molecule has 0 radical (unpaired) electrons. The number of nitrogens with one attached hydrogen (secondary N) is 2. The lowest BCUT2D eigenvalue weighted by Gasteiger charge is -2.27. The number of rotatable bonds is 4. The minimum absolute atomic E-state index is 0.0436. The molecule has 0 saturated carbocycles. The molecule has 1 aliphatic rings. The van der Waals surface area contributed by atoms with Gasteiger partial charge in [-0.15, -0.1) is 0 Å². The summed E-state index contributed by atoms with van der Waals surface area (Å²) in [4.78, 5) is 12.4. The zero-order valence-corrected chi connectivity index (χ0v) is 11.1. The minimum atomic E-state index is -0.600. The van der Waals surface area contributed by atoms with Crippen molar-refractivity contribution < 1.29 is 9.53 Å². The van der Waals surface area contributed by atoms with Gasteiger partial charge in [0.2, 0.25) is 5.91 Å². The highest BCUT2D eigenvalue weighted by molar-refractivity contribution is 5.98. The molecule has 2 N–H and O–H groups in total. The first-order chi connectivity index (χ1) is 8.59. The molecule has 1 aromatic rings. The number of nitrogens with zero attached hydrogens (tertiary/aromatic N) is 2. The number of hydrogen-bond acceptors (Lipinski definition) is 4. The summed E-state index contributed by atoms with van der Waals surface area (Å²) in [6, 6.07) is 0. The summed E-state index contributed by atoms with van der Waals surface area (Å²) in [7, 11) is 3.47.